The largest absolute Gasteiger partial charge is 0.381 e. The molecule has 0 radical (unpaired) electrons. The highest BCUT2D eigenvalue weighted by molar-refractivity contribution is 5.59. The van der Waals surface area contributed by atoms with Gasteiger partial charge in [-0.2, -0.15) is 5.26 Å². The second-order valence-electron chi connectivity index (χ2n) is 4.29. The molecule has 1 aliphatic heterocycles. The smallest absolute Gasteiger partial charge is 0.287 e. The van der Waals surface area contributed by atoms with Crippen LogP contribution >= 0.6 is 0 Å². The van der Waals surface area contributed by atoms with Gasteiger partial charge in [0.1, 0.15) is 11.6 Å². The van der Waals surface area contributed by atoms with E-state index in [0.717, 1.165) is 31.6 Å². The fourth-order valence-corrected chi connectivity index (χ4v) is 2.09. The molecule has 6 heteroatoms. The van der Waals surface area contributed by atoms with Crippen LogP contribution in [-0.4, -0.2) is 24.1 Å². The summed E-state index contributed by atoms with van der Waals surface area (Å²) in [6.07, 6.45) is 2.17. The average Bonchev–Trinajstić information content (AvgIpc) is 2.39. The van der Waals surface area contributed by atoms with Gasteiger partial charge in [-0.3, -0.25) is 10.1 Å². The summed E-state index contributed by atoms with van der Waals surface area (Å²) < 4.78 is 0. The number of nitrogens with one attached hydrogen (secondary N) is 2. The van der Waals surface area contributed by atoms with E-state index in [4.69, 9.17) is 5.26 Å². The maximum atomic E-state index is 10.7. The van der Waals surface area contributed by atoms with Crippen molar-refractivity contribution < 1.29 is 4.92 Å². The van der Waals surface area contributed by atoms with E-state index in [1.54, 1.807) is 6.07 Å². The number of hydrogen-bond donors (Lipinski definition) is 2. The number of nitro benzene ring substituents is 1. The Morgan fingerprint density at radius 3 is 3.00 bits per heavy atom. The lowest BCUT2D eigenvalue weighted by Crippen LogP contribution is -2.38. The summed E-state index contributed by atoms with van der Waals surface area (Å²) in [4.78, 5) is 10.2. The molecule has 1 saturated heterocycles. The van der Waals surface area contributed by atoms with Crippen molar-refractivity contribution in [3.8, 4) is 6.07 Å². The van der Waals surface area contributed by atoms with Crippen molar-refractivity contribution in [1.82, 2.24) is 5.32 Å². The van der Waals surface area contributed by atoms with Gasteiger partial charge in [-0.05, 0) is 31.5 Å². The Kier molecular flexibility index (Phi) is 3.75. The van der Waals surface area contributed by atoms with E-state index in [2.05, 4.69) is 10.6 Å². The number of benzene rings is 1. The van der Waals surface area contributed by atoms with Crippen LogP contribution in [0.2, 0.25) is 0 Å². The van der Waals surface area contributed by atoms with Gasteiger partial charge < -0.3 is 10.6 Å². The van der Waals surface area contributed by atoms with Crippen molar-refractivity contribution in [2.75, 3.05) is 18.4 Å². The van der Waals surface area contributed by atoms with Gasteiger partial charge in [0, 0.05) is 24.3 Å². The first-order valence-corrected chi connectivity index (χ1v) is 5.86. The Balaban J connectivity index is 2.14. The van der Waals surface area contributed by atoms with Crippen molar-refractivity contribution >= 4 is 11.4 Å². The summed E-state index contributed by atoms with van der Waals surface area (Å²) in [6.45, 7) is 1.90. The van der Waals surface area contributed by atoms with E-state index in [0.29, 0.717) is 6.04 Å². The quantitative estimate of drug-likeness (QED) is 0.624. The first-order valence-electron chi connectivity index (χ1n) is 5.86. The number of nitrogens with zero attached hydrogens (tertiary/aromatic N) is 2. The third kappa shape index (κ3) is 2.76. The maximum absolute atomic E-state index is 10.7. The minimum atomic E-state index is -0.537. The van der Waals surface area contributed by atoms with E-state index in [1.807, 2.05) is 6.07 Å². The van der Waals surface area contributed by atoms with Gasteiger partial charge in [0.25, 0.3) is 5.69 Å². The Bertz CT molecular complexity index is 489. The number of anilines is 1. The van der Waals surface area contributed by atoms with Crippen LogP contribution in [0.4, 0.5) is 11.4 Å². The summed E-state index contributed by atoms with van der Waals surface area (Å²) >= 11 is 0. The predicted molar refractivity (Wildman–Crippen MR) is 67.3 cm³/mol. The fraction of sp³-hybridized carbons (Fsp3) is 0.417. The summed E-state index contributed by atoms with van der Waals surface area (Å²) in [7, 11) is 0. The summed E-state index contributed by atoms with van der Waals surface area (Å²) in [5.74, 6) is 0. The standard InChI is InChI=1S/C12H14N4O2/c13-7-9-6-10(3-4-12(9)16(17)18)15-11-2-1-5-14-8-11/h3-4,6,11,14-15H,1-2,5,8H2. The minimum Gasteiger partial charge on any atom is -0.381 e. The first-order chi connectivity index (χ1) is 8.70. The van der Waals surface area contributed by atoms with E-state index >= 15 is 0 Å². The highest BCUT2D eigenvalue weighted by Gasteiger charge is 2.16. The van der Waals surface area contributed by atoms with E-state index < -0.39 is 4.92 Å². The molecule has 2 rings (SSSR count). The van der Waals surface area contributed by atoms with Crippen LogP contribution in [0, 0.1) is 21.4 Å². The van der Waals surface area contributed by atoms with Gasteiger partial charge in [-0.1, -0.05) is 0 Å². The van der Waals surface area contributed by atoms with Gasteiger partial charge in [0.15, 0.2) is 0 Å². The Labute approximate surface area is 105 Å². The fourth-order valence-electron chi connectivity index (χ4n) is 2.09. The molecule has 1 aromatic carbocycles. The lowest BCUT2D eigenvalue weighted by atomic mass is 10.1. The molecule has 94 valence electrons. The predicted octanol–water partition coefficient (Wildman–Crippen LogP) is 1.63. The number of rotatable bonds is 3. The Hall–Kier alpha value is -2.13. The van der Waals surface area contributed by atoms with Crippen LogP contribution in [0.25, 0.3) is 0 Å². The molecule has 18 heavy (non-hydrogen) atoms. The monoisotopic (exact) mass is 246 g/mol. The van der Waals surface area contributed by atoms with E-state index in [9.17, 15) is 10.1 Å². The van der Waals surface area contributed by atoms with Crippen LogP contribution in [0.15, 0.2) is 18.2 Å². The van der Waals surface area contributed by atoms with Crippen molar-refractivity contribution in [3.63, 3.8) is 0 Å². The van der Waals surface area contributed by atoms with E-state index in [-0.39, 0.29) is 11.3 Å². The SMILES string of the molecule is N#Cc1cc(NC2CCCNC2)ccc1[N+](=O)[O-]. The van der Waals surface area contributed by atoms with Gasteiger partial charge >= 0.3 is 0 Å². The van der Waals surface area contributed by atoms with Gasteiger partial charge in [0.05, 0.1) is 4.92 Å². The van der Waals surface area contributed by atoms with Crippen LogP contribution in [-0.2, 0) is 0 Å². The molecule has 0 amide bonds. The van der Waals surface area contributed by atoms with Gasteiger partial charge in [-0.15, -0.1) is 0 Å². The molecule has 6 nitrogen and oxygen atoms in total. The zero-order valence-corrected chi connectivity index (χ0v) is 9.85. The van der Waals surface area contributed by atoms with Crippen molar-refractivity contribution in [1.29, 1.82) is 5.26 Å². The van der Waals surface area contributed by atoms with Crippen LogP contribution in [0.1, 0.15) is 18.4 Å². The van der Waals surface area contributed by atoms with Crippen molar-refractivity contribution in [2.24, 2.45) is 0 Å². The summed E-state index contributed by atoms with van der Waals surface area (Å²) in [5.41, 5.74) is 0.699. The van der Waals surface area contributed by atoms with Gasteiger partial charge in [0.2, 0.25) is 0 Å². The number of piperidine rings is 1. The lowest BCUT2D eigenvalue weighted by Gasteiger charge is -2.24. The molecule has 0 aliphatic carbocycles. The van der Waals surface area contributed by atoms with Crippen LogP contribution in [0.5, 0.6) is 0 Å². The molecular weight excluding hydrogens is 232 g/mol. The second kappa shape index (κ2) is 5.47. The third-order valence-corrected chi connectivity index (χ3v) is 2.98. The number of nitro groups is 1. The Morgan fingerprint density at radius 2 is 2.39 bits per heavy atom. The van der Waals surface area contributed by atoms with Crippen molar-refractivity contribution in [3.05, 3.63) is 33.9 Å². The molecule has 1 aromatic rings. The molecule has 0 bridgehead atoms. The second-order valence-corrected chi connectivity index (χ2v) is 4.29. The maximum Gasteiger partial charge on any atom is 0.287 e. The third-order valence-electron chi connectivity index (χ3n) is 2.98. The highest BCUT2D eigenvalue weighted by Crippen LogP contribution is 2.22. The molecule has 1 heterocycles. The zero-order valence-electron chi connectivity index (χ0n) is 9.85. The van der Waals surface area contributed by atoms with E-state index in [1.165, 1.54) is 12.1 Å². The molecule has 1 atom stereocenters. The highest BCUT2D eigenvalue weighted by atomic mass is 16.6. The molecule has 1 aliphatic rings. The van der Waals surface area contributed by atoms with Crippen LogP contribution < -0.4 is 10.6 Å². The lowest BCUT2D eigenvalue weighted by molar-refractivity contribution is -0.385. The molecule has 0 aromatic heterocycles. The zero-order chi connectivity index (χ0) is 13.0. The average molecular weight is 246 g/mol. The molecule has 1 fully saturated rings. The molecular formula is C12H14N4O2. The molecule has 2 N–H and O–H groups in total. The molecule has 0 spiro atoms. The normalized spacial score (nSPS) is 18.9. The summed E-state index contributed by atoms with van der Waals surface area (Å²) in [6, 6.07) is 6.72. The first kappa shape index (κ1) is 12.3. The summed E-state index contributed by atoms with van der Waals surface area (Å²) in [5, 5.41) is 26.2. The van der Waals surface area contributed by atoms with Crippen LogP contribution in [0.3, 0.4) is 0 Å². The number of nitriles is 1. The number of hydrogen-bond acceptors (Lipinski definition) is 5. The Morgan fingerprint density at radius 1 is 1.56 bits per heavy atom. The van der Waals surface area contributed by atoms with Crippen molar-refractivity contribution in [2.45, 2.75) is 18.9 Å². The van der Waals surface area contributed by atoms with Gasteiger partial charge in [-0.25, -0.2) is 0 Å². The molecule has 0 saturated carbocycles. The molecule has 1 unspecified atom stereocenters. The minimum absolute atomic E-state index is 0.0915. The topological polar surface area (TPSA) is 91.0 Å².